The van der Waals surface area contributed by atoms with E-state index < -0.39 is 0 Å². The number of halogens is 2. The van der Waals surface area contributed by atoms with Crippen molar-refractivity contribution in [2.45, 2.75) is 50.0 Å². The van der Waals surface area contributed by atoms with Crippen LogP contribution in [0.5, 0.6) is 0 Å². The van der Waals surface area contributed by atoms with E-state index in [0.29, 0.717) is 22.7 Å². The molecular weight excluding hydrogens is 349 g/mol. The first-order chi connectivity index (χ1) is 11.6. The number of rotatable bonds is 6. The molecule has 0 aromatic heterocycles. The minimum absolute atomic E-state index is 0.0679. The monoisotopic (exact) mass is 373 g/mol. The van der Waals surface area contributed by atoms with Crippen LogP contribution < -0.4 is 0 Å². The molecular formula is C18H25Cl2NO3. The number of nitrogens with zero attached hydrogens (tertiary/aromatic N) is 1. The van der Waals surface area contributed by atoms with E-state index in [9.17, 15) is 0 Å². The summed E-state index contributed by atoms with van der Waals surface area (Å²) in [5.41, 5.74) is 0.957. The maximum absolute atomic E-state index is 9.00. The van der Waals surface area contributed by atoms with Gasteiger partial charge in [-0.15, -0.1) is 0 Å². The zero-order valence-electron chi connectivity index (χ0n) is 14.0. The quantitative estimate of drug-likeness (QED) is 0.828. The van der Waals surface area contributed by atoms with Gasteiger partial charge in [-0.05, 0) is 37.3 Å². The maximum Gasteiger partial charge on any atom is 0.0847 e. The molecule has 3 rings (SSSR count). The van der Waals surface area contributed by atoms with Crippen molar-refractivity contribution in [3.63, 3.8) is 0 Å². The van der Waals surface area contributed by atoms with Gasteiger partial charge in [0.15, 0.2) is 0 Å². The predicted molar refractivity (Wildman–Crippen MR) is 95.7 cm³/mol. The summed E-state index contributed by atoms with van der Waals surface area (Å²) in [5, 5.41) is 10.2. The highest BCUT2D eigenvalue weighted by molar-refractivity contribution is 6.42. The minimum atomic E-state index is -0.0931. The molecule has 134 valence electrons. The molecule has 1 aliphatic carbocycles. The summed E-state index contributed by atoms with van der Waals surface area (Å²) in [6.45, 7) is 2.21. The average Bonchev–Trinajstić information content (AvgIpc) is 2.96. The number of aliphatic hydroxyl groups is 1. The van der Waals surface area contributed by atoms with Crippen LogP contribution in [0, 0.1) is 0 Å². The lowest BCUT2D eigenvalue weighted by Gasteiger charge is -2.43. The molecule has 2 aliphatic rings. The number of aliphatic hydroxyl groups excluding tert-OH is 1. The number of hydrogen-bond acceptors (Lipinski definition) is 4. The van der Waals surface area contributed by atoms with Gasteiger partial charge in [0.2, 0.25) is 0 Å². The van der Waals surface area contributed by atoms with Gasteiger partial charge in [-0.3, -0.25) is 4.90 Å². The van der Waals surface area contributed by atoms with Crippen LogP contribution in [0.1, 0.15) is 31.2 Å². The molecule has 1 N–H and O–H groups in total. The molecule has 4 nitrogen and oxygen atoms in total. The first-order valence-electron chi connectivity index (χ1n) is 8.54. The van der Waals surface area contributed by atoms with Crippen LogP contribution in [-0.4, -0.2) is 54.6 Å². The van der Waals surface area contributed by atoms with Crippen LogP contribution in [0.3, 0.4) is 0 Å². The lowest BCUT2D eigenvalue weighted by molar-refractivity contribution is -0.104. The Morgan fingerprint density at radius 2 is 2.17 bits per heavy atom. The molecule has 1 saturated heterocycles. The Hall–Kier alpha value is -0.360. The Labute approximate surface area is 153 Å². The van der Waals surface area contributed by atoms with Crippen molar-refractivity contribution in [1.29, 1.82) is 0 Å². The number of benzene rings is 1. The Kier molecular flexibility index (Phi) is 6.07. The molecule has 0 bridgehead atoms. The van der Waals surface area contributed by atoms with Gasteiger partial charge >= 0.3 is 0 Å². The van der Waals surface area contributed by atoms with Crippen LogP contribution in [0.15, 0.2) is 18.2 Å². The SMILES string of the molecule is CO[C@@]12CC[C@H](OCCO)C[C@@H]1N(Cc1cccc(Cl)c1Cl)CC2. The van der Waals surface area contributed by atoms with E-state index in [0.717, 1.165) is 44.3 Å². The second kappa shape index (κ2) is 7.90. The van der Waals surface area contributed by atoms with Gasteiger partial charge in [0.25, 0.3) is 0 Å². The van der Waals surface area contributed by atoms with Crippen LogP contribution in [0.4, 0.5) is 0 Å². The lowest BCUT2D eigenvalue weighted by Crippen LogP contribution is -2.51. The topological polar surface area (TPSA) is 41.9 Å². The van der Waals surface area contributed by atoms with E-state index in [1.807, 2.05) is 25.3 Å². The predicted octanol–water partition coefficient (Wildman–Crippen LogP) is 3.51. The van der Waals surface area contributed by atoms with Gasteiger partial charge in [-0.1, -0.05) is 35.3 Å². The van der Waals surface area contributed by atoms with Crippen molar-refractivity contribution in [3.8, 4) is 0 Å². The molecule has 1 aromatic carbocycles. The fourth-order valence-electron chi connectivity index (χ4n) is 4.21. The third-order valence-corrected chi connectivity index (χ3v) is 6.36. The normalized spacial score (nSPS) is 30.5. The third-order valence-electron chi connectivity index (χ3n) is 5.50. The first kappa shape index (κ1) is 18.4. The third kappa shape index (κ3) is 3.59. The van der Waals surface area contributed by atoms with E-state index in [4.69, 9.17) is 37.8 Å². The van der Waals surface area contributed by atoms with E-state index in [1.165, 1.54) is 0 Å². The zero-order chi connectivity index (χ0) is 17.2. The van der Waals surface area contributed by atoms with E-state index in [-0.39, 0.29) is 18.3 Å². The summed E-state index contributed by atoms with van der Waals surface area (Å²) in [6.07, 6.45) is 4.10. The lowest BCUT2D eigenvalue weighted by atomic mass is 9.79. The summed E-state index contributed by atoms with van der Waals surface area (Å²) < 4.78 is 11.8. The number of methoxy groups -OCH3 is 1. The second-order valence-corrected chi connectivity index (χ2v) is 7.49. The highest BCUT2D eigenvalue weighted by atomic mass is 35.5. The molecule has 6 heteroatoms. The van der Waals surface area contributed by atoms with Crippen molar-refractivity contribution in [2.75, 3.05) is 26.9 Å². The summed E-state index contributed by atoms with van der Waals surface area (Å²) in [5.74, 6) is 0. The van der Waals surface area contributed by atoms with Crippen molar-refractivity contribution >= 4 is 23.2 Å². The van der Waals surface area contributed by atoms with Gasteiger partial charge in [-0.25, -0.2) is 0 Å². The van der Waals surface area contributed by atoms with Gasteiger partial charge in [0.05, 0.1) is 35.0 Å². The van der Waals surface area contributed by atoms with E-state index in [2.05, 4.69) is 4.90 Å². The van der Waals surface area contributed by atoms with Crippen LogP contribution in [0.2, 0.25) is 10.0 Å². The molecule has 0 unspecified atom stereocenters. The minimum Gasteiger partial charge on any atom is -0.394 e. The molecule has 1 aromatic rings. The molecule has 1 heterocycles. The molecule has 3 atom stereocenters. The molecule has 2 fully saturated rings. The van der Waals surface area contributed by atoms with Crippen LogP contribution in [-0.2, 0) is 16.0 Å². The first-order valence-corrected chi connectivity index (χ1v) is 9.30. The van der Waals surface area contributed by atoms with E-state index in [1.54, 1.807) is 0 Å². The number of likely N-dealkylation sites (tertiary alicyclic amines) is 1. The van der Waals surface area contributed by atoms with Crippen molar-refractivity contribution < 1.29 is 14.6 Å². The van der Waals surface area contributed by atoms with Crippen molar-refractivity contribution in [2.24, 2.45) is 0 Å². The van der Waals surface area contributed by atoms with Gasteiger partial charge in [0.1, 0.15) is 0 Å². The summed E-state index contributed by atoms with van der Waals surface area (Å²) in [7, 11) is 1.82. The standard InChI is InChI=1S/C18H25Cl2NO3/c1-23-18-6-5-14(24-10-9-22)11-16(18)21(8-7-18)12-13-3-2-4-15(19)17(13)20/h2-4,14,16,22H,5-12H2,1H3/t14-,16-,18+/m0/s1. The number of fused-ring (bicyclic) bond motifs is 1. The van der Waals surface area contributed by atoms with Crippen LogP contribution in [0.25, 0.3) is 0 Å². The Balaban J connectivity index is 1.75. The summed E-state index contributed by atoms with van der Waals surface area (Å²) in [4.78, 5) is 2.44. The van der Waals surface area contributed by atoms with Crippen molar-refractivity contribution in [1.82, 2.24) is 4.90 Å². The van der Waals surface area contributed by atoms with Gasteiger partial charge in [0, 0.05) is 26.2 Å². The largest absolute Gasteiger partial charge is 0.394 e. The fourth-order valence-corrected chi connectivity index (χ4v) is 4.59. The molecule has 1 aliphatic heterocycles. The molecule has 0 amide bonds. The smallest absolute Gasteiger partial charge is 0.0847 e. The summed E-state index contributed by atoms with van der Waals surface area (Å²) >= 11 is 12.5. The molecule has 24 heavy (non-hydrogen) atoms. The second-order valence-electron chi connectivity index (χ2n) is 6.71. The highest BCUT2D eigenvalue weighted by Crippen LogP contribution is 2.44. The average molecular weight is 374 g/mol. The number of ether oxygens (including phenoxy) is 2. The molecule has 0 radical (unpaired) electrons. The van der Waals surface area contributed by atoms with E-state index >= 15 is 0 Å². The van der Waals surface area contributed by atoms with Gasteiger partial charge in [-0.2, -0.15) is 0 Å². The zero-order valence-corrected chi connectivity index (χ0v) is 15.5. The molecule has 1 saturated carbocycles. The molecule has 0 spiro atoms. The fraction of sp³-hybridized carbons (Fsp3) is 0.667. The number of hydrogen-bond donors (Lipinski definition) is 1. The van der Waals surface area contributed by atoms with Crippen molar-refractivity contribution in [3.05, 3.63) is 33.8 Å². The maximum atomic E-state index is 9.00. The Bertz CT molecular complexity index is 571. The highest BCUT2D eigenvalue weighted by Gasteiger charge is 2.51. The Morgan fingerprint density at radius 3 is 2.92 bits per heavy atom. The Morgan fingerprint density at radius 1 is 1.33 bits per heavy atom. The van der Waals surface area contributed by atoms with Gasteiger partial charge < -0.3 is 14.6 Å². The summed E-state index contributed by atoms with van der Waals surface area (Å²) in [6, 6.07) is 6.09. The van der Waals surface area contributed by atoms with Crippen LogP contribution >= 0.6 is 23.2 Å².